The molecule has 0 radical (unpaired) electrons. The van der Waals surface area contributed by atoms with Gasteiger partial charge in [-0.2, -0.15) is 0 Å². The molecule has 0 spiro atoms. The second-order valence-corrected chi connectivity index (χ2v) is 7.78. The summed E-state index contributed by atoms with van der Waals surface area (Å²) in [7, 11) is 0. The van der Waals surface area contributed by atoms with Crippen LogP contribution in [-0.4, -0.2) is 48.1 Å². The van der Waals surface area contributed by atoms with Gasteiger partial charge in [0.15, 0.2) is 0 Å². The van der Waals surface area contributed by atoms with Crippen LogP contribution >= 0.6 is 11.3 Å². The Hall–Kier alpha value is -0.420. The van der Waals surface area contributed by atoms with Crippen molar-refractivity contribution in [3.63, 3.8) is 0 Å². The van der Waals surface area contributed by atoms with Crippen LogP contribution in [-0.2, 0) is 6.42 Å². The molecular formula is C16H25N3S. The maximum Gasteiger partial charge on any atom is 0.0493 e. The molecule has 4 aliphatic heterocycles. The number of rotatable bonds is 2. The van der Waals surface area contributed by atoms with Gasteiger partial charge in [-0.05, 0) is 62.2 Å². The molecule has 0 aliphatic carbocycles. The summed E-state index contributed by atoms with van der Waals surface area (Å²) in [4.78, 5) is 7.00. The van der Waals surface area contributed by atoms with Crippen LogP contribution < -0.4 is 5.73 Å². The van der Waals surface area contributed by atoms with Crippen LogP contribution in [0.3, 0.4) is 0 Å². The van der Waals surface area contributed by atoms with E-state index in [1.54, 1.807) is 10.4 Å². The van der Waals surface area contributed by atoms with E-state index in [1.165, 1.54) is 45.4 Å². The van der Waals surface area contributed by atoms with Gasteiger partial charge in [0.1, 0.15) is 0 Å². The van der Waals surface area contributed by atoms with Crippen molar-refractivity contribution >= 4 is 11.3 Å². The lowest BCUT2D eigenvalue weighted by atomic mass is 9.70. The Labute approximate surface area is 125 Å². The topological polar surface area (TPSA) is 32.5 Å². The van der Waals surface area contributed by atoms with Gasteiger partial charge in [-0.1, -0.05) is 0 Å². The summed E-state index contributed by atoms with van der Waals surface area (Å²) in [6.07, 6.45) is 3.90. The summed E-state index contributed by atoms with van der Waals surface area (Å²) in [5, 5.41) is 2.26. The quantitative estimate of drug-likeness (QED) is 0.905. The molecule has 3 fully saturated rings. The van der Waals surface area contributed by atoms with Crippen molar-refractivity contribution in [2.45, 2.75) is 37.8 Å². The highest BCUT2D eigenvalue weighted by molar-refractivity contribution is 7.10. The molecule has 2 atom stereocenters. The molecule has 110 valence electrons. The standard InChI is InChI=1S/C16H25N3S/c1-12-14-5-9-20-15(14)4-8-19(12)16(10-17)11-18-6-2-13(16)3-7-18/h5,9,12-13H,2-4,6-8,10-11,17H2,1H3. The number of hydrogen-bond acceptors (Lipinski definition) is 4. The molecule has 0 aromatic carbocycles. The number of piperidine rings is 3. The number of thiophene rings is 1. The SMILES string of the molecule is CC1c2ccsc2CCN1C1(CN)CN2CCC1CC2. The van der Waals surface area contributed by atoms with E-state index < -0.39 is 0 Å². The monoisotopic (exact) mass is 291 g/mol. The number of nitrogens with two attached hydrogens (primary N) is 1. The number of fused-ring (bicyclic) bond motifs is 4. The van der Waals surface area contributed by atoms with Crippen LogP contribution in [0.15, 0.2) is 11.4 Å². The Morgan fingerprint density at radius 3 is 2.80 bits per heavy atom. The van der Waals surface area contributed by atoms with E-state index in [1.807, 2.05) is 11.3 Å². The third-order valence-corrected chi connectivity index (χ3v) is 7.04. The first-order valence-corrected chi connectivity index (χ1v) is 8.88. The van der Waals surface area contributed by atoms with Gasteiger partial charge >= 0.3 is 0 Å². The molecule has 20 heavy (non-hydrogen) atoms. The van der Waals surface area contributed by atoms with Crippen LogP contribution in [0.2, 0.25) is 0 Å². The number of hydrogen-bond donors (Lipinski definition) is 1. The lowest BCUT2D eigenvalue weighted by Crippen LogP contribution is -2.70. The molecule has 3 nitrogen and oxygen atoms in total. The fourth-order valence-corrected chi connectivity index (χ4v) is 5.90. The summed E-state index contributed by atoms with van der Waals surface area (Å²) in [6, 6.07) is 2.87. The first-order chi connectivity index (χ1) is 9.74. The molecule has 3 saturated heterocycles. The van der Waals surface area contributed by atoms with Crippen molar-refractivity contribution in [1.29, 1.82) is 0 Å². The van der Waals surface area contributed by atoms with E-state index in [9.17, 15) is 0 Å². The molecular weight excluding hydrogens is 266 g/mol. The molecule has 1 aromatic rings. The maximum atomic E-state index is 6.35. The van der Waals surface area contributed by atoms with Crippen molar-refractivity contribution in [3.8, 4) is 0 Å². The van der Waals surface area contributed by atoms with E-state index in [2.05, 4.69) is 28.2 Å². The minimum Gasteiger partial charge on any atom is -0.329 e. The number of nitrogens with zero attached hydrogens (tertiary/aromatic N) is 2. The molecule has 0 amide bonds. The van der Waals surface area contributed by atoms with Crippen LogP contribution in [0, 0.1) is 5.92 Å². The molecule has 0 saturated carbocycles. The Morgan fingerprint density at radius 1 is 1.35 bits per heavy atom. The van der Waals surface area contributed by atoms with Crippen molar-refractivity contribution in [1.82, 2.24) is 9.80 Å². The predicted octanol–water partition coefficient (Wildman–Crippen LogP) is 2.09. The van der Waals surface area contributed by atoms with Gasteiger partial charge in [0.25, 0.3) is 0 Å². The molecule has 5 rings (SSSR count). The highest BCUT2D eigenvalue weighted by Crippen LogP contribution is 2.45. The van der Waals surface area contributed by atoms with Crippen molar-refractivity contribution in [2.24, 2.45) is 11.7 Å². The van der Waals surface area contributed by atoms with Gasteiger partial charge in [-0.3, -0.25) is 4.90 Å². The highest BCUT2D eigenvalue weighted by Gasteiger charge is 2.51. The zero-order valence-corrected chi connectivity index (χ0v) is 13.2. The van der Waals surface area contributed by atoms with Gasteiger partial charge in [-0.15, -0.1) is 11.3 Å². The molecule has 5 heterocycles. The first kappa shape index (κ1) is 13.3. The average Bonchev–Trinajstić information content (AvgIpc) is 2.98. The normalized spacial score (nSPS) is 40.8. The second kappa shape index (κ2) is 4.80. The van der Waals surface area contributed by atoms with E-state index in [0.29, 0.717) is 6.04 Å². The predicted molar refractivity (Wildman–Crippen MR) is 84.1 cm³/mol. The average molecular weight is 291 g/mol. The van der Waals surface area contributed by atoms with Gasteiger partial charge in [0, 0.05) is 36.1 Å². The lowest BCUT2D eigenvalue weighted by molar-refractivity contribution is -0.0859. The zero-order valence-electron chi connectivity index (χ0n) is 12.3. The van der Waals surface area contributed by atoms with Gasteiger partial charge in [0.05, 0.1) is 0 Å². The van der Waals surface area contributed by atoms with E-state index in [4.69, 9.17) is 5.73 Å². The van der Waals surface area contributed by atoms with Crippen molar-refractivity contribution in [2.75, 3.05) is 32.7 Å². The molecule has 2 N–H and O–H groups in total. The van der Waals surface area contributed by atoms with E-state index in [-0.39, 0.29) is 5.54 Å². The van der Waals surface area contributed by atoms with E-state index in [0.717, 1.165) is 12.5 Å². The summed E-state index contributed by atoms with van der Waals surface area (Å²) < 4.78 is 0. The maximum absolute atomic E-state index is 6.35. The third-order valence-electron chi connectivity index (χ3n) is 6.05. The fourth-order valence-electron chi connectivity index (χ4n) is 4.94. The van der Waals surface area contributed by atoms with Gasteiger partial charge < -0.3 is 10.6 Å². The minimum absolute atomic E-state index is 0.232. The van der Waals surface area contributed by atoms with Crippen molar-refractivity contribution < 1.29 is 0 Å². The lowest BCUT2D eigenvalue weighted by Gasteiger charge is -2.60. The van der Waals surface area contributed by atoms with Crippen molar-refractivity contribution in [3.05, 3.63) is 21.9 Å². The highest BCUT2D eigenvalue weighted by atomic mass is 32.1. The molecule has 4 heteroatoms. The van der Waals surface area contributed by atoms with Crippen LogP contribution in [0.25, 0.3) is 0 Å². The minimum atomic E-state index is 0.232. The smallest absolute Gasteiger partial charge is 0.0493 e. The third kappa shape index (κ3) is 1.75. The Morgan fingerprint density at radius 2 is 2.15 bits per heavy atom. The second-order valence-electron chi connectivity index (χ2n) is 6.78. The molecule has 1 aromatic heterocycles. The molecule has 4 aliphatic rings. The van der Waals surface area contributed by atoms with Crippen LogP contribution in [0.5, 0.6) is 0 Å². The Kier molecular flexibility index (Phi) is 3.18. The summed E-state index contributed by atoms with van der Waals surface area (Å²) in [5.41, 5.74) is 8.14. The Bertz CT molecular complexity index is 492. The molecule has 2 unspecified atom stereocenters. The Balaban J connectivity index is 1.69. The largest absolute Gasteiger partial charge is 0.329 e. The van der Waals surface area contributed by atoms with Gasteiger partial charge in [0.2, 0.25) is 0 Å². The summed E-state index contributed by atoms with van der Waals surface area (Å²) in [6.45, 7) is 8.17. The zero-order chi connectivity index (χ0) is 13.7. The first-order valence-electron chi connectivity index (χ1n) is 8.00. The summed E-state index contributed by atoms with van der Waals surface area (Å²) in [5.74, 6) is 0.806. The van der Waals surface area contributed by atoms with Crippen LogP contribution in [0.4, 0.5) is 0 Å². The van der Waals surface area contributed by atoms with E-state index >= 15 is 0 Å². The van der Waals surface area contributed by atoms with Gasteiger partial charge in [-0.25, -0.2) is 0 Å². The molecule has 2 bridgehead atoms. The fraction of sp³-hybridized carbons (Fsp3) is 0.750. The van der Waals surface area contributed by atoms with Crippen LogP contribution in [0.1, 0.15) is 36.2 Å². The summed E-state index contributed by atoms with van der Waals surface area (Å²) >= 11 is 1.93.